The van der Waals surface area contributed by atoms with Crippen LogP contribution in [-0.4, -0.2) is 60.4 Å². The van der Waals surface area contributed by atoms with E-state index in [0.29, 0.717) is 16.1 Å². The molecule has 1 fully saturated rings. The summed E-state index contributed by atoms with van der Waals surface area (Å²) in [4.78, 5) is 11.3. The summed E-state index contributed by atoms with van der Waals surface area (Å²) in [7, 11) is 1.88. The Hall–Kier alpha value is -1.25. The summed E-state index contributed by atoms with van der Waals surface area (Å²) in [5, 5.41) is 12.2. The summed E-state index contributed by atoms with van der Waals surface area (Å²) in [6, 6.07) is 6.45. The van der Waals surface area contributed by atoms with Crippen LogP contribution in [0.1, 0.15) is 18.4 Å². The van der Waals surface area contributed by atoms with Crippen molar-refractivity contribution in [3.63, 3.8) is 0 Å². The van der Waals surface area contributed by atoms with Gasteiger partial charge in [-0.05, 0) is 49.9 Å². The van der Waals surface area contributed by atoms with Crippen LogP contribution in [-0.2, 0) is 6.54 Å². The molecule has 1 aromatic heterocycles. The number of rotatable bonds is 9. The first kappa shape index (κ1) is 22.4. The summed E-state index contributed by atoms with van der Waals surface area (Å²) in [6.07, 6.45) is 6.09. The zero-order valence-electron chi connectivity index (χ0n) is 16.8. The van der Waals surface area contributed by atoms with E-state index in [1.165, 1.54) is 5.56 Å². The van der Waals surface area contributed by atoms with Gasteiger partial charge in [0.2, 0.25) is 0 Å². The Morgan fingerprint density at radius 2 is 1.97 bits per heavy atom. The molecule has 0 radical (unpaired) electrons. The number of piperidine rings is 1. The maximum absolute atomic E-state index is 6.13. The Labute approximate surface area is 187 Å². The van der Waals surface area contributed by atoms with Crippen molar-refractivity contribution in [3.8, 4) is 0 Å². The van der Waals surface area contributed by atoms with Gasteiger partial charge in [-0.15, -0.1) is 0 Å². The monoisotopic (exact) mass is 454 g/mol. The van der Waals surface area contributed by atoms with Crippen LogP contribution in [0.25, 0.3) is 0 Å². The molecule has 6 nitrogen and oxygen atoms in total. The van der Waals surface area contributed by atoms with Crippen molar-refractivity contribution in [2.45, 2.75) is 30.6 Å². The van der Waals surface area contributed by atoms with E-state index in [2.05, 4.69) is 36.9 Å². The molecular formula is C20H28Cl2N6S. The minimum Gasteiger partial charge on any atom is -0.384 e. The van der Waals surface area contributed by atoms with Crippen molar-refractivity contribution in [2.24, 2.45) is 0 Å². The number of anilines is 2. The number of hydrogen-bond acceptors (Lipinski definition) is 7. The zero-order chi connectivity index (χ0) is 20.6. The van der Waals surface area contributed by atoms with E-state index >= 15 is 0 Å². The van der Waals surface area contributed by atoms with Crippen LogP contribution in [0.3, 0.4) is 0 Å². The van der Waals surface area contributed by atoms with E-state index in [-0.39, 0.29) is 0 Å². The molecule has 2 aromatic rings. The zero-order valence-corrected chi connectivity index (χ0v) is 19.2. The fourth-order valence-electron chi connectivity index (χ4n) is 3.43. The fraction of sp³-hybridized carbons (Fsp3) is 0.500. The van der Waals surface area contributed by atoms with Gasteiger partial charge in [-0.25, -0.2) is 9.97 Å². The third-order valence-corrected chi connectivity index (χ3v) is 6.35. The topological polar surface area (TPSA) is 65.1 Å². The first-order valence-electron chi connectivity index (χ1n) is 9.81. The summed E-state index contributed by atoms with van der Waals surface area (Å²) >= 11 is 13.7. The Balaban J connectivity index is 1.37. The number of benzene rings is 1. The first-order chi connectivity index (χ1) is 14.1. The molecule has 0 saturated carbocycles. The third kappa shape index (κ3) is 6.62. The summed E-state index contributed by atoms with van der Waals surface area (Å²) in [5.74, 6) is 0.852. The molecule has 0 bridgehead atoms. The van der Waals surface area contributed by atoms with Gasteiger partial charge in [0.15, 0.2) is 11.0 Å². The van der Waals surface area contributed by atoms with Gasteiger partial charge in [-0.1, -0.05) is 41.0 Å². The normalized spacial score (nSPS) is 15.4. The summed E-state index contributed by atoms with van der Waals surface area (Å²) in [5.41, 5.74) is 2.13. The summed E-state index contributed by atoms with van der Waals surface area (Å²) in [6.45, 7) is 4.81. The highest BCUT2D eigenvalue weighted by Crippen LogP contribution is 2.24. The van der Waals surface area contributed by atoms with Gasteiger partial charge in [-0.2, -0.15) is 0 Å². The van der Waals surface area contributed by atoms with E-state index in [1.807, 2.05) is 31.6 Å². The molecular weight excluding hydrogens is 427 g/mol. The summed E-state index contributed by atoms with van der Waals surface area (Å²) < 4.78 is 0. The molecule has 0 unspecified atom stereocenters. The highest BCUT2D eigenvalue weighted by atomic mass is 35.5. The van der Waals surface area contributed by atoms with Crippen LogP contribution in [0.5, 0.6) is 0 Å². The van der Waals surface area contributed by atoms with E-state index in [4.69, 9.17) is 23.2 Å². The van der Waals surface area contributed by atoms with Crippen LogP contribution in [0, 0.1) is 0 Å². The molecule has 9 heteroatoms. The minimum absolute atomic E-state index is 0.554. The molecule has 3 N–H and O–H groups in total. The Bertz CT molecular complexity index is 799. The van der Waals surface area contributed by atoms with Crippen LogP contribution >= 0.6 is 35.0 Å². The van der Waals surface area contributed by atoms with Gasteiger partial charge in [0.25, 0.3) is 0 Å². The van der Waals surface area contributed by atoms with E-state index in [0.717, 1.165) is 62.2 Å². The molecule has 0 aliphatic carbocycles. The van der Waals surface area contributed by atoms with Gasteiger partial charge < -0.3 is 16.0 Å². The second-order valence-corrected chi connectivity index (χ2v) is 8.64. The largest absolute Gasteiger partial charge is 0.384 e. The lowest BCUT2D eigenvalue weighted by Crippen LogP contribution is -2.43. The van der Waals surface area contributed by atoms with Crippen molar-refractivity contribution in [1.82, 2.24) is 20.2 Å². The van der Waals surface area contributed by atoms with Crippen molar-refractivity contribution in [3.05, 3.63) is 40.0 Å². The molecule has 1 aromatic carbocycles. The van der Waals surface area contributed by atoms with E-state index in [1.54, 1.807) is 11.8 Å². The van der Waals surface area contributed by atoms with Crippen LogP contribution < -0.4 is 16.0 Å². The van der Waals surface area contributed by atoms with Gasteiger partial charge in [0.1, 0.15) is 0 Å². The fourth-order valence-corrected chi connectivity index (χ4v) is 4.09. The maximum atomic E-state index is 6.13. The minimum atomic E-state index is 0.554. The number of nitrogens with zero attached hydrogens (tertiary/aromatic N) is 3. The molecule has 0 atom stereocenters. The Morgan fingerprint density at radius 1 is 1.17 bits per heavy atom. The molecule has 29 heavy (non-hydrogen) atoms. The molecule has 3 rings (SSSR count). The molecule has 1 aliphatic rings. The van der Waals surface area contributed by atoms with Crippen LogP contribution in [0.2, 0.25) is 10.0 Å². The average molecular weight is 455 g/mol. The molecule has 1 saturated heterocycles. The Kier molecular flexibility index (Phi) is 8.68. The maximum Gasteiger partial charge on any atom is 0.189 e. The number of halogens is 2. The van der Waals surface area contributed by atoms with E-state index < -0.39 is 0 Å². The third-order valence-electron chi connectivity index (χ3n) is 5.05. The number of nitrogens with one attached hydrogen (secondary N) is 3. The van der Waals surface area contributed by atoms with Gasteiger partial charge in [-0.3, -0.25) is 4.90 Å². The standard InChI is InChI=1S/C20H28Cl2N6S/c1-23-18-12-26-20(29-2)27-19(18)25-8-7-24-15-5-9-28(10-6-15)13-14-3-4-16(21)17(22)11-14/h3-4,11-12,15,23-24H,5-10,13H2,1-2H3,(H,25,26,27). The lowest BCUT2D eigenvalue weighted by atomic mass is 10.0. The Morgan fingerprint density at radius 3 is 2.66 bits per heavy atom. The van der Waals surface area contributed by atoms with Crippen molar-refractivity contribution in [2.75, 3.05) is 50.1 Å². The van der Waals surface area contributed by atoms with Gasteiger partial charge in [0.05, 0.1) is 21.9 Å². The second kappa shape index (κ2) is 11.2. The highest BCUT2D eigenvalue weighted by molar-refractivity contribution is 7.98. The number of likely N-dealkylation sites (tertiary alicyclic amines) is 1. The van der Waals surface area contributed by atoms with Gasteiger partial charge in [0, 0.05) is 32.7 Å². The van der Waals surface area contributed by atoms with Crippen molar-refractivity contribution in [1.29, 1.82) is 0 Å². The molecule has 0 amide bonds. The smallest absolute Gasteiger partial charge is 0.189 e. The van der Waals surface area contributed by atoms with Crippen LogP contribution in [0.15, 0.2) is 29.6 Å². The van der Waals surface area contributed by atoms with Crippen molar-refractivity contribution >= 4 is 46.5 Å². The molecule has 1 aliphatic heterocycles. The quantitative estimate of drug-likeness (QED) is 0.297. The molecule has 2 heterocycles. The van der Waals surface area contributed by atoms with Crippen LogP contribution in [0.4, 0.5) is 11.5 Å². The SMILES string of the molecule is CNc1cnc(SC)nc1NCCNC1CCN(Cc2ccc(Cl)c(Cl)c2)CC1. The van der Waals surface area contributed by atoms with Crippen molar-refractivity contribution < 1.29 is 0 Å². The highest BCUT2D eigenvalue weighted by Gasteiger charge is 2.19. The lowest BCUT2D eigenvalue weighted by Gasteiger charge is -2.32. The molecule has 158 valence electrons. The molecule has 0 spiro atoms. The van der Waals surface area contributed by atoms with E-state index in [9.17, 15) is 0 Å². The predicted molar refractivity (Wildman–Crippen MR) is 125 cm³/mol. The first-order valence-corrected chi connectivity index (χ1v) is 11.8. The number of aromatic nitrogens is 2. The lowest BCUT2D eigenvalue weighted by molar-refractivity contribution is 0.191. The number of thioether (sulfide) groups is 1. The second-order valence-electron chi connectivity index (χ2n) is 7.05. The predicted octanol–water partition coefficient (Wildman–Crippen LogP) is 4.21. The number of hydrogen-bond donors (Lipinski definition) is 3. The van der Waals surface area contributed by atoms with Gasteiger partial charge >= 0.3 is 0 Å². The average Bonchev–Trinajstić information content (AvgIpc) is 2.75.